The molecule has 0 aliphatic heterocycles. The van der Waals surface area contributed by atoms with Crippen molar-refractivity contribution in [2.24, 2.45) is 5.73 Å². The third-order valence-electron chi connectivity index (χ3n) is 4.16. The van der Waals surface area contributed by atoms with Gasteiger partial charge in [-0.05, 0) is 41.6 Å². The molecular weight excluding hydrogens is 344 g/mol. The minimum absolute atomic E-state index is 0.0980. The summed E-state index contributed by atoms with van der Waals surface area (Å²) >= 11 is 1.53. The van der Waals surface area contributed by atoms with E-state index < -0.39 is 0 Å². The SMILES string of the molecule is NC[C@@H](Cc1ccncc1)Nc1nnc(-c2ccc3cnccc3c2)s1. The van der Waals surface area contributed by atoms with Crippen LogP contribution in [0.1, 0.15) is 5.56 Å². The second kappa shape index (κ2) is 7.55. The highest BCUT2D eigenvalue weighted by Gasteiger charge is 2.12. The largest absolute Gasteiger partial charge is 0.356 e. The van der Waals surface area contributed by atoms with Crippen molar-refractivity contribution in [2.45, 2.75) is 12.5 Å². The Morgan fingerprint density at radius 1 is 0.962 bits per heavy atom. The van der Waals surface area contributed by atoms with Gasteiger partial charge in [0.25, 0.3) is 0 Å². The maximum atomic E-state index is 5.92. The average molecular weight is 362 g/mol. The molecule has 0 bridgehead atoms. The number of pyridine rings is 2. The second-order valence-corrected chi connectivity index (χ2v) is 6.96. The van der Waals surface area contributed by atoms with E-state index in [1.165, 1.54) is 16.9 Å². The molecule has 0 aliphatic rings. The first-order valence-electron chi connectivity index (χ1n) is 8.35. The predicted molar refractivity (Wildman–Crippen MR) is 105 cm³/mol. The van der Waals surface area contributed by atoms with Crippen LogP contribution in [0.3, 0.4) is 0 Å². The molecule has 26 heavy (non-hydrogen) atoms. The molecular formula is C19H18N6S. The second-order valence-electron chi connectivity index (χ2n) is 5.99. The standard InChI is InChI=1S/C19H18N6S/c20-11-17(9-13-3-6-21-7-4-13)23-19-25-24-18(26-19)15-1-2-16-12-22-8-5-14(16)10-15/h1-8,10,12,17H,9,11,20H2,(H,23,25)/t17-/m1/s1. The highest BCUT2D eigenvalue weighted by molar-refractivity contribution is 7.18. The molecule has 1 aromatic carbocycles. The van der Waals surface area contributed by atoms with E-state index in [2.05, 4.69) is 37.6 Å². The zero-order valence-corrected chi connectivity index (χ0v) is 14.9. The van der Waals surface area contributed by atoms with E-state index in [-0.39, 0.29) is 6.04 Å². The zero-order valence-electron chi connectivity index (χ0n) is 14.0. The highest BCUT2D eigenvalue weighted by atomic mass is 32.1. The minimum atomic E-state index is 0.0980. The number of aromatic nitrogens is 4. The van der Waals surface area contributed by atoms with Gasteiger partial charge >= 0.3 is 0 Å². The summed E-state index contributed by atoms with van der Waals surface area (Å²) in [6.45, 7) is 0.514. The summed E-state index contributed by atoms with van der Waals surface area (Å²) in [5.74, 6) is 0. The van der Waals surface area contributed by atoms with Crippen LogP contribution in [0.4, 0.5) is 5.13 Å². The first kappa shape index (κ1) is 16.6. The van der Waals surface area contributed by atoms with Crippen LogP contribution in [0.5, 0.6) is 0 Å². The van der Waals surface area contributed by atoms with E-state index in [1.54, 1.807) is 18.6 Å². The number of anilines is 1. The Hall–Kier alpha value is -2.90. The van der Waals surface area contributed by atoms with Crippen LogP contribution in [0.25, 0.3) is 21.3 Å². The summed E-state index contributed by atoms with van der Waals surface area (Å²) in [5.41, 5.74) is 8.16. The fourth-order valence-corrected chi connectivity index (χ4v) is 3.60. The van der Waals surface area contributed by atoms with E-state index in [9.17, 15) is 0 Å². The van der Waals surface area contributed by atoms with Gasteiger partial charge in [-0.15, -0.1) is 10.2 Å². The molecule has 130 valence electrons. The topological polar surface area (TPSA) is 89.6 Å². The number of fused-ring (bicyclic) bond motifs is 1. The van der Waals surface area contributed by atoms with Crippen LogP contribution < -0.4 is 11.1 Å². The predicted octanol–water partition coefficient (Wildman–Crippen LogP) is 3.13. The third-order valence-corrected chi connectivity index (χ3v) is 5.06. The number of nitrogens with zero attached hydrogens (tertiary/aromatic N) is 4. The Bertz CT molecular complexity index is 1000. The Labute approximate surface area is 155 Å². The molecule has 0 aliphatic carbocycles. The van der Waals surface area contributed by atoms with Gasteiger partial charge < -0.3 is 11.1 Å². The van der Waals surface area contributed by atoms with Crippen molar-refractivity contribution >= 4 is 27.2 Å². The van der Waals surface area contributed by atoms with Crippen molar-refractivity contribution in [3.8, 4) is 10.6 Å². The van der Waals surface area contributed by atoms with E-state index in [0.717, 1.165) is 32.9 Å². The van der Waals surface area contributed by atoms with Gasteiger partial charge in [-0.1, -0.05) is 23.5 Å². The van der Waals surface area contributed by atoms with Gasteiger partial charge in [0.2, 0.25) is 5.13 Å². The summed E-state index contributed by atoms with van der Waals surface area (Å²) in [6.07, 6.45) is 8.06. The fraction of sp³-hybridized carbons (Fsp3) is 0.158. The van der Waals surface area contributed by atoms with Gasteiger partial charge in [0.05, 0.1) is 0 Å². The molecule has 7 heteroatoms. The van der Waals surface area contributed by atoms with Gasteiger partial charge in [0.1, 0.15) is 5.01 Å². The molecule has 0 radical (unpaired) electrons. The molecule has 3 N–H and O–H groups in total. The lowest BCUT2D eigenvalue weighted by atomic mass is 10.1. The lowest BCUT2D eigenvalue weighted by molar-refractivity contribution is 0.720. The van der Waals surface area contributed by atoms with Gasteiger partial charge in [0.15, 0.2) is 0 Å². The molecule has 0 saturated heterocycles. The van der Waals surface area contributed by atoms with Crippen molar-refractivity contribution in [2.75, 3.05) is 11.9 Å². The number of hydrogen-bond acceptors (Lipinski definition) is 7. The molecule has 0 saturated carbocycles. The van der Waals surface area contributed by atoms with E-state index >= 15 is 0 Å². The normalized spacial score (nSPS) is 12.2. The summed E-state index contributed by atoms with van der Waals surface area (Å²) < 4.78 is 0. The molecule has 3 aromatic heterocycles. The van der Waals surface area contributed by atoms with Crippen LogP contribution in [-0.2, 0) is 6.42 Å². The molecule has 4 rings (SSSR count). The Morgan fingerprint density at radius 3 is 2.65 bits per heavy atom. The maximum Gasteiger partial charge on any atom is 0.206 e. The van der Waals surface area contributed by atoms with E-state index in [0.29, 0.717) is 6.54 Å². The minimum Gasteiger partial charge on any atom is -0.356 e. The Kier molecular flexibility index (Phi) is 4.81. The van der Waals surface area contributed by atoms with Crippen molar-refractivity contribution in [3.63, 3.8) is 0 Å². The van der Waals surface area contributed by atoms with E-state index in [4.69, 9.17) is 5.73 Å². The third kappa shape index (κ3) is 3.68. The van der Waals surface area contributed by atoms with Gasteiger partial charge in [0, 0.05) is 48.3 Å². The number of benzene rings is 1. The molecule has 0 amide bonds. The van der Waals surface area contributed by atoms with Crippen LogP contribution in [0.2, 0.25) is 0 Å². The van der Waals surface area contributed by atoms with Crippen LogP contribution in [-0.4, -0.2) is 32.8 Å². The molecule has 4 aromatic rings. The van der Waals surface area contributed by atoms with Crippen molar-refractivity contribution in [1.29, 1.82) is 0 Å². The molecule has 0 fully saturated rings. The van der Waals surface area contributed by atoms with Crippen LogP contribution in [0, 0.1) is 0 Å². The molecule has 0 unspecified atom stereocenters. The smallest absolute Gasteiger partial charge is 0.206 e. The first-order valence-corrected chi connectivity index (χ1v) is 9.16. The summed E-state index contributed by atoms with van der Waals surface area (Å²) in [4.78, 5) is 8.19. The van der Waals surface area contributed by atoms with Crippen molar-refractivity contribution in [1.82, 2.24) is 20.2 Å². The number of nitrogens with two attached hydrogens (primary N) is 1. The highest BCUT2D eigenvalue weighted by Crippen LogP contribution is 2.29. The van der Waals surface area contributed by atoms with Gasteiger partial charge in [-0.2, -0.15) is 0 Å². The lowest BCUT2D eigenvalue weighted by Gasteiger charge is -2.15. The maximum absolute atomic E-state index is 5.92. The molecule has 1 atom stereocenters. The monoisotopic (exact) mass is 362 g/mol. The molecule has 6 nitrogen and oxygen atoms in total. The average Bonchev–Trinajstić information content (AvgIpc) is 3.16. The van der Waals surface area contributed by atoms with Crippen molar-refractivity contribution < 1.29 is 0 Å². The number of nitrogens with one attached hydrogen (secondary N) is 1. The van der Waals surface area contributed by atoms with E-state index in [1.807, 2.05) is 30.5 Å². The van der Waals surface area contributed by atoms with Crippen molar-refractivity contribution in [3.05, 3.63) is 66.7 Å². The lowest BCUT2D eigenvalue weighted by Crippen LogP contribution is -2.31. The molecule has 3 heterocycles. The van der Waals surface area contributed by atoms with Gasteiger partial charge in [-0.25, -0.2) is 0 Å². The number of rotatable bonds is 6. The molecule has 0 spiro atoms. The fourth-order valence-electron chi connectivity index (χ4n) is 2.79. The summed E-state index contributed by atoms with van der Waals surface area (Å²) in [5, 5.41) is 15.9. The number of hydrogen-bond donors (Lipinski definition) is 2. The van der Waals surface area contributed by atoms with Gasteiger partial charge in [-0.3, -0.25) is 9.97 Å². The summed E-state index contributed by atoms with van der Waals surface area (Å²) in [6, 6.07) is 12.3. The quantitative estimate of drug-likeness (QED) is 0.548. The Balaban J connectivity index is 1.51. The Morgan fingerprint density at radius 2 is 1.81 bits per heavy atom. The van der Waals surface area contributed by atoms with Crippen LogP contribution in [0.15, 0.2) is 61.2 Å². The summed E-state index contributed by atoms with van der Waals surface area (Å²) in [7, 11) is 0. The first-order chi connectivity index (χ1) is 12.8. The zero-order chi connectivity index (χ0) is 17.8. The van der Waals surface area contributed by atoms with Crippen LogP contribution >= 0.6 is 11.3 Å².